The SMILES string of the molecule is CCOC(OCC)(OCC)C(OCC)(OCCOC(OCC)(N1C(=O)C=CC1=O)C(OCC)(OCC)OCC)N1C(=O)C=CC1=O. The molecule has 16 nitrogen and oxygen atoms in total. The number of nitrogens with zero attached hydrogens (tertiary/aromatic N) is 2. The van der Waals surface area contributed by atoms with Gasteiger partial charge >= 0.3 is 23.8 Å². The van der Waals surface area contributed by atoms with Crippen LogP contribution < -0.4 is 0 Å². The van der Waals surface area contributed by atoms with Crippen LogP contribution in [0, 0.1) is 0 Å². The molecule has 2 aliphatic rings. The number of amides is 4. The summed E-state index contributed by atoms with van der Waals surface area (Å²) in [6.45, 7) is 12.0. The van der Waals surface area contributed by atoms with Gasteiger partial charge in [0.15, 0.2) is 0 Å². The maximum atomic E-state index is 13.1. The van der Waals surface area contributed by atoms with Crippen LogP contribution in [0.4, 0.5) is 0 Å². The van der Waals surface area contributed by atoms with E-state index < -0.39 is 60.6 Å². The molecule has 0 aliphatic carbocycles. The molecule has 2 unspecified atom stereocenters. The molecular weight excluding hydrogens is 612 g/mol. The van der Waals surface area contributed by atoms with Crippen LogP contribution in [0.1, 0.15) is 55.4 Å². The highest BCUT2D eigenvalue weighted by Crippen LogP contribution is 2.42. The van der Waals surface area contributed by atoms with E-state index in [1.54, 1.807) is 55.4 Å². The molecule has 0 saturated carbocycles. The van der Waals surface area contributed by atoms with E-state index >= 15 is 0 Å². The molecule has 2 atom stereocenters. The van der Waals surface area contributed by atoms with Crippen molar-refractivity contribution in [3.05, 3.63) is 24.3 Å². The van der Waals surface area contributed by atoms with E-state index in [-0.39, 0.29) is 52.9 Å². The molecule has 0 fully saturated rings. The number of imide groups is 2. The van der Waals surface area contributed by atoms with Crippen molar-refractivity contribution in [2.75, 3.05) is 66.1 Å². The van der Waals surface area contributed by atoms with Gasteiger partial charge in [0.25, 0.3) is 23.6 Å². The maximum Gasteiger partial charge on any atom is 0.363 e. The molecule has 0 aromatic carbocycles. The standard InChI is InChI=1S/C30H48N2O14/c1-9-37-27(31-23(33)17-18-24(31)34,29(39-11-3,40-12-4)41-13-5)45-21-22-46-28(38-10-2,32-25(35)19-20-26(32)36)30(42-14-6,43-15-7)44-16-8/h17-20H,9-16,21-22H2,1-8H3. The fourth-order valence-corrected chi connectivity index (χ4v) is 5.04. The van der Waals surface area contributed by atoms with Gasteiger partial charge in [-0.1, -0.05) is 0 Å². The lowest BCUT2D eigenvalue weighted by atomic mass is 10.3. The highest BCUT2D eigenvalue weighted by molar-refractivity contribution is 6.14. The number of hydrogen-bond donors (Lipinski definition) is 0. The molecule has 4 amide bonds. The Morgan fingerprint density at radius 1 is 0.391 bits per heavy atom. The molecule has 0 radical (unpaired) electrons. The Morgan fingerprint density at radius 3 is 0.804 bits per heavy atom. The second kappa shape index (κ2) is 18.1. The summed E-state index contributed by atoms with van der Waals surface area (Å²) in [7, 11) is 0. The zero-order valence-electron chi connectivity index (χ0n) is 28.0. The summed E-state index contributed by atoms with van der Waals surface area (Å²) >= 11 is 0. The van der Waals surface area contributed by atoms with E-state index in [4.69, 9.17) is 47.4 Å². The van der Waals surface area contributed by atoms with Gasteiger partial charge < -0.3 is 47.4 Å². The van der Waals surface area contributed by atoms with Crippen LogP contribution in [0.2, 0.25) is 0 Å². The van der Waals surface area contributed by atoms with Crippen LogP contribution in [0.5, 0.6) is 0 Å². The van der Waals surface area contributed by atoms with Gasteiger partial charge in [-0.15, -0.1) is 0 Å². The van der Waals surface area contributed by atoms with Gasteiger partial charge in [-0.05, 0) is 55.4 Å². The number of ether oxygens (including phenoxy) is 10. The van der Waals surface area contributed by atoms with Gasteiger partial charge in [-0.2, -0.15) is 0 Å². The summed E-state index contributed by atoms with van der Waals surface area (Å²) in [6, 6.07) is 0. The molecule has 0 spiro atoms. The predicted molar refractivity (Wildman–Crippen MR) is 158 cm³/mol. The molecule has 0 aromatic heterocycles. The monoisotopic (exact) mass is 660 g/mol. The molecule has 0 N–H and O–H groups in total. The van der Waals surface area contributed by atoms with E-state index in [9.17, 15) is 19.2 Å². The van der Waals surface area contributed by atoms with Crippen LogP contribution in [0.25, 0.3) is 0 Å². The van der Waals surface area contributed by atoms with Gasteiger partial charge in [0, 0.05) is 77.2 Å². The van der Waals surface area contributed by atoms with Gasteiger partial charge in [-0.25, -0.2) is 9.80 Å². The quantitative estimate of drug-likeness (QED) is 0.0790. The van der Waals surface area contributed by atoms with Gasteiger partial charge in [-0.3, -0.25) is 19.2 Å². The second-order valence-corrected chi connectivity index (χ2v) is 9.13. The predicted octanol–water partition coefficient (Wildman–Crippen LogP) is 1.78. The summed E-state index contributed by atoms with van der Waals surface area (Å²) in [5.74, 6) is -12.5. The molecule has 16 heteroatoms. The first-order valence-electron chi connectivity index (χ1n) is 15.6. The Hall–Kier alpha value is -2.64. The fourth-order valence-electron chi connectivity index (χ4n) is 5.04. The third kappa shape index (κ3) is 7.57. The van der Waals surface area contributed by atoms with E-state index in [0.717, 1.165) is 24.3 Å². The van der Waals surface area contributed by atoms with Gasteiger partial charge in [0.1, 0.15) is 0 Å². The molecule has 262 valence electrons. The lowest BCUT2D eigenvalue weighted by Crippen LogP contribution is -2.73. The topological polar surface area (TPSA) is 167 Å². The average molecular weight is 661 g/mol. The second-order valence-electron chi connectivity index (χ2n) is 9.13. The lowest BCUT2D eigenvalue weighted by molar-refractivity contribution is -0.528. The van der Waals surface area contributed by atoms with E-state index in [1.165, 1.54) is 0 Å². The zero-order valence-corrected chi connectivity index (χ0v) is 28.0. The third-order valence-electron chi connectivity index (χ3n) is 6.35. The number of carbonyl (C=O) groups is 4. The van der Waals surface area contributed by atoms with E-state index in [2.05, 4.69) is 0 Å². The summed E-state index contributed by atoms with van der Waals surface area (Å²) < 4.78 is 60.1. The highest BCUT2D eigenvalue weighted by Gasteiger charge is 2.68. The molecule has 0 bridgehead atoms. The van der Waals surface area contributed by atoms with E-state index in [0.29, 0.717) is 9.80 Å². The molecule has 0 saturated heterocycles. The Morgan fingerprint density at radius 2 is 0.609 bits per heavy atom. The van der Waals surface area contributed by atoms with Crippen LogP contribution in [-0.2, 0) is 66.5 Å². The Kier molecular flexibility index (Phi) is 15.5. The Bertz CT molecular complexity index is 943. The molecular formula is C30H48N2O14. The van der Waals surface area contributed by atoms with Crippen molar-refractivity contribution in [2.24, 2.45) is 0 Å². The Balaban J connectivity index is 2.69. The minimum atomic E-state index is -2.45. The van der Waals surface area contributed by atoms with E-state index in [1.807, 2.05) is 0 Å². The lowest BCUT2D eigenvalue weighted by Gasteiger charge is -2.50. The van der Waals surface area contributed by atoms with Crippen LogP contribution in [0.3, 0.4) is 0 Å². The molecule has 2 rings (SSSR count). The normalized spacial score (nSPS) is 18.3. The van der Waals surface area contributed by atoms with Crippen LogP contribution in [0.15, 0.2) is 24.3 Å². The largest absolute Gasteiger partial charge is 0.363 e. The number of carbonyl (C=O) groups excluding carboxylic acids is 4. The van der Waals surface area contributed by atoms with Crippen molar-refractivity contribution in [1.29, 1.82) is 0 Å². The van der Waals surface area contributed by atoms with Crippen molar-refractivity contribution in [2.45, 2.75) is 79.2 Å². The first-order chi connectivity index (χ1) is 22.0. The minimum Gasteiger partial charge on any atom is -0.326 e. The van der Waals surface area contributed by atoms with Crippen molar-refractivity contribution < 1.29 is 66.5 Å². The molecule has 46 heavy (non-hydrogen) atoms. The first kappa shape index (κ1) is 39.5. The first-order valence-corrected chi connectivity index (χ1v) is 15.6. The van der Waals surface area contributed by atoms with Crippen molar-refractivity contribution in [3.63, 3.8) is 0 Å². The molecule has 2 heterocycles. The van der Waals surface area contributed by atoms with Crippen molar-refractivity contribution in [1.82, 2.24) is 9.80 Å². The fraction of sp³-hybridized carbons (Fsp3) is 0.733. The molecule has 2 aliphatic heterocycles. The number of hydrogen-bond acceptors (Lipinski definition) is 14. The smallest absolute Gasteiger partial charge is 0.326 e. The van der Waals surface area contributed by atoms with Gasteiger partial charge in [0.05, 0.1) is 13.2 Å². The summed E-state index contributed by atoms with van der Waals surface area (Å²) in [4.78, 5) is 53.9. The van der Waals surface area contributed by atoms with Crippen molar-refractivity contribution in [3.8, 4) is 0 Å². The maximum absolute atomic E-state index is 13.1. The minimum absolute atomic E-state index is 0.00242. The third-order valence-corrected chi connectivity index (χ3v) is 6.35. The van der Waals surface area contributed by atoms with Gasteiger partial charge in [0.2, 0.25) is 0 Å². The van der Waals surface area contributed by atoms with Crippen molar-refractivity contribution >= 4 is 23.6 Å². The van der Waals surface area contributed by atoms with Crippen LogP contribution >= 0.6 is 0 Å². The Labute approximate surface area is 269 Å². The highest BCUT2D eigenvalue weighted by atomic mass is 16.9. The number of rotatable bonds is 25. The van der Waals surface area contributed by atoms with Crippen LogP contribution in [-0.4, -0.2) is 123 Å². The molecule has 0 aromatic rings. The summed E-state index contributed by atoms with van der Waals surface area (Å²) in [5.41, 5.74) is 0. The zero-order chi connectivity index (χ0) is 34.4. The summed E-state index contributed by atoms with van der Waals surface area (Å²) in [6.07, 6.45) is 4.18. The summed E-state index contributed by atoms with van der Waals surface area (Å²) in [5, 5.41) is 0. The average Bonchev–Trinajstić information content (AvgIpc) is 3.53.